The number of hydrogen-bond acceptors (Lipinski definition) is 16. The van der Waals surface area contributed by atoms with Crippen LogP contribution in [0.5, 0.6) is 0 Å². The van der Waals surface area contributed by atoms with Crippen LogP contribution in [0.15, 0.2) is 70.1 Å². The van der Waals surface area contributed by atoms with Crippen LogP contribution in [0.4, 0.5) is 11.4 Å². The summed E-state index contributed by atoms with van der Waals surface area (Å²) >= 11 is 0. The number of rotatable bonds is 26. The molecule has 0 saturated carbocycles. The minimum atomic E-state index is -4.90. The van der Waals surface area contributed by atoms with Gasteiger partial charge in [-0.05, 0) is 82.0 Å². The molecule has 0 radical (unpaired) electrons. The molecule has 1 unspecified atom stereocenters. The van der Waals surface area contributed by atoms with E-state index >= 15 is 0 Å². The van der Waals surface area contributed by atoms with E-state index < -0.39 is 107 Å². The maximum absolute atomic E-state index is 12.9. The molecule has 0 spiro atoms. The molecular formula is C39H53N4O20S5+. The van der Waals surface area contributed by atoms with Crippen molar-refractivity contribution in [1.82, 2.24) is 10.4 Å². The highest BCUT2D eigenvalue weighted by atomic mass is 32.2. The van der Waals surface area contributed by atoms with E-state index in [-0.39, 0.29) is 75.9 Å². The fourth-order valence-corrected chi connectivity index (χ4v) is 9.58. The van der Waals surface area contributed by atoms with Gasteiger partial charge in [0.05, 0.1) is 21.3 Å². The first-order valence-electron chi connectivity index (χ1n) is 20.4. The van der Waals surface area contributed by atoms with Crippen molar-refractivity contribution in [1.29, 1.82) is 0 Å². The van der Waals surface area contributed by atoms with Gasteiger partial charge in [-0.25, -0.2) is 4.79 Å². The van der Waals surface area contributed by atoms with Crippen LogP contribution in [-0.2, 0) is 74.6 Å². The number of allylic oxidation sites excluding steroid dienone is 4. The first kappa shape index (κ1) is 57.3. The van der Waals surface area contributed by atoms with Crippen LogP contribution in [0.3, 0.4) is 0 Å². The highest BCUT2D eigenvalue weighted by Crippen LogP contribution is 2.28. The molecule has 0 aliphatic carbocycles. The number of nitrogens with one attached hydrogen (secondary N) is 1. The van der Waals surface area contributed by atoms with Crippen molar-refractivity contribution in [3.05, 3.63) is 71.5 Å². The summed E-state index contributed by atoms with van der Waals surface area (Å²) in [5, 5.41) is 2.26. The number of aryl methyl sites for hydroxylation is 2. The Hall–Kier alpha value is -4.98. The summed E-state index contributed by atoms with van der Waals surface area (Å²) in [5.41, 5.74) is 2.33. The molecule has 1 heterocycles. The van der Waals surface area contributed by atoms with Gasteiger partial charge in [0.25, 0.3) is 62.4 Å². The lowest BCUT2D eigenvalue weighted by molar-refractivity contribution is -0.441. The van der Waals surface area contributed by atoms with Gasteiger partial charge in [-0.2, -0.15) is 46.7 Å². The summed E-state index contributed by atoms with van der Waals surface area (Å²) in [7, 11) is -23.0. The first-order chi connectivity index (χ1) is 31.3. The van der Waals surface area contributed by atoms with Gasteiger partial charge < -0.3 is 15.1 Å². The summed E-state index contributed by atoms with van der Waals surface area (Å²) in [5.74, 6) is -6.77. The molecule has 1 fully saturated rings. The van der Waals surface area contributed by atoms with Crippen LogP contribution < -0.4 is 10.2 Å². The van der Waals surface area contributed by atoms with Crippen molar-refractivity contribution >= 4 is 91.4 Å². The van der Waals surface area contributed by atoms with Gasteiger partial charge in [0, 0.05) is 67.7 Å². The van der Waals surface area contributed by atoms with Crippen LogP contribution in [-0.4, -0.2) is 140 Å². The second-order valence-electron chi connectivity index (χ2n) is 15.5. The van der Waals surface area contributed by atoms with Gasteiger partial charge in [-0.15, -0.1) is 5.06 Å². The van der Waals surface area contributed by atoms with E-state index in [1.54, 1.807) is 41.6 Å². The van der Waals surface area contributed by atoms with Gasteiger partial charge in [-0.3, -0.25) is 37.1 Å². The lowest BCUT2D eigenvalue weighted by Gasteiger charge is -2.27. The minimum absolute atomic E-state index is 0.0111. The molecule has 1 aliphatic rings. The summed E-state index contributed by atoms with van der Waals surface area (Å²) in [4.78, 5) is 54.9. The molecule has 1 aliphatic heterocycles. The number of hydroxylamine groups is 2. The standard InChI is InChI=1S/C39H52N4O20S5/c1-27-24-31(67(57,58)59)14-16-34(27)41(20-8-22-64(48,49)50)29(3)10-7-12-30(42(21-9-23-65(51,52)53)35-17-15-32(25-28(35)2)68(60,61)62)11-5-4-6-13-36(44)40-33(26-66(54,55)56)39(47)63-43-37(45)18-19-38(43)46/h7,10,12,14-17,24-25,33H,4-6,8-9,11,13,18-23,26H2,1-3H3,(H5-,40,44,48,49,50,51,52,53,54,55,56,57,58,59,60,61,62)/p+1. The molecule has 2 aromatic rings. The Labute approximate surface area is 394 Å². The molecule has 0 bridgehead atoms. The van der Waals surface area contributed by atoms with Crippen molar-refractivity contribution in [3.8, 4) is 0 Å². The van der Waals surface area contributed by atoms with Crippen molar-refractivity contribution < 1.29 is 93.4 Å². The van der Waals surface area contributed by atoms with E-state index in [2.05, 4.69) is 5.32 Å². The van der Waals surface area contributed by atoms with E-state index in [1.807, 2.05) is 0 Å². The van der Waals surface area contributed by atoms with Gasteiger partial charge in [0.15, 0.2) is 5.71 Å². The average molecular weight is 1060 g/mol. The lowest BCUT2D eigenvalue weighted by atomic mass is 10.1. The number of hydrogen-bond donors (Lipinski definition) is 6. The largest absolute Gasteiger partial charge is 0.356 e. The maximum atomic E-state index is 12.9. The van der Waals surface area contributed by atoms with Crippen LogP contribution in [0.25, 0.3) is 0 Å². The van der Waals surface area contributed by atoms with Crippen LogP contribution >= 0.6 is 0 Å². The third kappa shape index (κ3) is 19.2. The zero-order chi connectivity index (χ0) is 51.4. The zero-order valence-corrected chi connectivity index (χ0v) is 41.0. The Balaban J connectivity index is 2.02. The molecule has 6 N–H and O–H groups in total. The highest BCUT2D eigenvalue weighted by molar-refractivity contribution is 7.86. The Kier molecular flexibility index (Phi) is 20.3. The topological polar surface area (TPSA) is 371 Å². The molecule has 3 rings (SSSR count). The van der Waals surface area contributed by atoms with Gasteiger partial charge in [0.1, 0.15) is 18.3 Å². The Morgan fingerprint density at radius 2 is 1.29 bits per heavy atom. The number of carbonyl (C=O) groups is 4. The molecule has 378 valence electrons. The van der Waals surface area contributed by atoms with E-state index in [0.29, 0.717) is 33.9 Å². The van der Waals surface area contributed by atoms with Crippen LogP contribution in [0, 0.1) is 13.8 Å². The number of carbonyl (C=O) groups excluding carboxylic acids is 4. The summed E-state index contributed by atoms with van der Waals surface area (Å²) in [6.45, 7) is 4.61. The average Bonchev–Trinajstić information content (AvgIpc) is 3.50. The number of amides is 3. The van der Waals surface area contributed by atoms with E-state index in [9.17, 15) is 84.0 Å². The van der Waals surface area contributed by atoms with E-state index in [1.165, 1.54) is 31.2 Å². The molecular weight excluding hydrogens is 1000 g/mol. The van der Waals surface area contributed by atoms with Crippen molar-refractivity contribution in [2.45, 2.75) is 94.4 Å². The summed E-state index contributed by atoms with van der Waals surface area (Å²) < 4.78 is 167. The molecule has 24 nitrogen and oxygen atoms in total. The lowest BCUT2D eigenvalue weighted by Crippen LogP contribution is -2.48. The maximum Gasteiger partial charge on any atom is 0.356 e. The SMILES string of the molecule is CC(=CC=CC(CCCCCC(=O)NC(CS(=O)(=O)O)C(=O)ON1C(=O)CCC1=O)=[N+](CCCS(=O)(=O)O)c1ccc(S(=O)(=O)O)cc1C)N(CCCS(=O)(=O)O)c1ccc(S(=O)(=O)O)cc1C. The number of anilines is 1. The minimum Gasteiger partial charge on any atom is -0.345 e. The van der Waals surface area contributed by atoms with Crippen molar-refractivity contribution in [3.63, 3.8) is 0 Å². The molecule has 1 atom stereocenters. The van der Waals surface area contributed by atoms with Crippen LogP contribution in [0.1, 0.15) is 75.8 Å². The zero-order valence-electron chi connectivity index (χ0n) is 36.9. The highest BCUT2D eigenvalue weighted by Gasteiger charge is 2.37. The van der Waals surface area contributed by atoms with Gasteiger partial charge in [0.2, 0.25) is 11.6 Å². The molecule has 0 aromatic heterocycles. The van der Waals surface area contributed by atoms with Crippen molar-refractivity contribution in [2.75, 3.05) is 35.2 Å². The molecule has 3 amide bonds. The van der Waals surface area contributed by atoms with Crippen molar-refractivity contribution in [2.24, 2.45) is 0 Å². The van der Waals surface area contributed by atoms with Gasteiger partial charge >= 0.3 is 5.97 Å². The predicted octanol–water partition coefficient (Wildman–Crippen LogP) is 2.33. The summed E-state index contributed by atoms with van der Waals surface area (Å²) in [6, 6.07) is 5.38. The van der Waals surface area contributed by atoms with E-state index in [0.717, 1.165) is 12.1 Å². The Morgan fingerprint density at radius 1 is 0.750 bits per heavy atom. The Morgan fingerprint density at radius 3 is 1.82 bits per heavy atom. The monoisotopic (exact) mass is 1060 g/mol. The third-order valence-electron chi connectivity index (χ3n) is 10.0. The first-order valence-corrected chi connectivity index (χ1v) is 28.1. The normalized spacial score (nSPS) is 15.1. The van der Waals surface area contributed by atoms with Crippen LogP contribution in [0.2, 0.25) is 0 Å². The molecule has 68 heavy (non-hydrogen) atoms. The molecule has 29 heteroatoms. The predicted molar refractivity (Wildman–Crippen MR) is 243 cm³/mol. The number of imide groups is 1. The molecule has 1 saturated heterocycles. The number of unbranched alkanes of at least 4 members (excludes halogenated alkanes) is 2. The fourth-order valence-electron chi connectivity index (χ4n) is 6.82. The smallest absolute Gasteiger partial charge is 0.345 e. The fraction of sp³-hybridized carbons (Fsp3) is 0.462. The second-order valence-corrected chi connectivity index (χ2v) is 23.0. The summed E-state index contributed by atoms with van der Waals surface area (Å²) in [6.07, 6.45) is 4.47. The number of nitrogens with zero attached hydrogens (tertiary/aromatic N) is 3. The number of benzene rings is 2. The second kappa shape index (κ2) is 24.0. The van der Waals surface area contributed by atoms with Gasteiger partial charge in [-0.1, -0.05) is 12.5 Å². The quantitative estimate of drug-likeness (QED) is 0.0197. The third-order valence-corrected chi connectivity index (χ3v) is 14.1. The Bertz CT molecular complexity index is 2900. The molecule has 2 aromatic carbocycles. The van der Waals surface area contributed by atoms with E-state index in [4.69, 9.17) is 4.84 Å².